The molecule has 1 unspecified atom stereocenters. The lowest BCUT2D eigenvalue weighted by Gasteiger charge is -2.51. The van der Waals surface area contributed by atoms with E-state index in [4.69, 9.17) is 11.6 Å². The lowest BCUT2D eigenvalue weighted by Crippen LogP contribution is -2.68. The van der Waals surface area contributed by atoms with E-state index in [0.29, 0.717) is 18.0 Å². The Morgan fingerprint density at radius 1 is 1.06 bits per heavy atom. The minimum absolute atomic E-state index is 0.0767. The van der Waals surface area contributed by atoms with Crippen LogP contribution in [-0.4, -0.2) is 53.2 Å². The maximum atomic E-state index is 13.6. The van der Waals surface area contributed by atoms with Gasteiger partial charge in [0.25, 0.3) is 0 Å². The van der Waals surface area contributed by atoms with Gasteiger partial charge in [0.1, 0.15) is 5.54 Å². The van der Waals surface area contributed by atoms with Crippen LogP contribution < -0.4 is 5.32 Å². The van der Waals surface area contributed by atoms with Gasteiger partial charge in [-0.15, -0.1) is 0 Å². The maximum Gasteiger partial charge on any atom is 0.249 e. The van der Waals surface area contributed by atoms with Crippen LogP contribution in [0.5, 0.6) is 0 Å². The third-order valence-corrected chi connectivity index (χ3v) is 6.26. The van der Waals surface area contributed by atoms with E-state index >= 15 is 0 Å². The van der Waals surface area contributed by atoms with Crippen molar-refractivity contribution >= 4 is 29.3 Å². The zero-order chi connectivity index (χ0) is 23.5. The van der Waals surface area contributed by atoms with Gasteiger partial charge < -0.3 is 15.1 Å². The Balaban J connectivity index is 1.78. The zero-order valence-electron chi connectivity index (χ0n) is 19.1. The molecular weight excluding hydrogens is 426 g/mol. The van der Waals surface area contributed by atoms with Crippen molar-refractivity contribution < 1.29 is 14.4 Å². The number of rotatable bonds is 7. The lowest BCUT2D eigenvalue weighted by molar-refractivity contribution is -0.164. The fourth-order valence-electron chi connectivity index (χ4n) is 4.23. The summed E-state index contributed by atoms with van der Waals surface area (Å²) in [6.07, 6.45) is 0.813. The van der Waals surface area contributed by atoms with Gasteiger partial charge in [0.15, 0.2) is 0 Å². The molecule has 1 atom stereocenters. The lowest BCUT2D eigenvalue weighted by atomic mass is 9.84. The predicted molar refractivity (Wildman–Crippen MR) is 125 cm³/mol. The van der Waals surface area contributed by atoms with Crippen LogP contribution >= 0.6 is 11.6 Å². The van der Waals surface area contributed by atoms with Gasteiger partial charge in [-0.25, -0.2) is 0 Å². The highest BCUT2D eigenvalue weighted by atomic mass is 35.5. The summed E-state index contributed by atoms with van der Waals surface area (Å²) in [6.45, 7) is 6.51. The first kappa shape index (κ1) is 23.8. The van der Waals surface area contributed by atoms with Gasteiger partial charge in [0, 0.05) is 25.2 Å². The number of nitrogens with one attached hydrogen (secondary N) is 1. The van der Waals surface area contributed by atoms with Crippen LogP contribution in [-0.2, 0) is 27.3 Å². The Kier molecular flexibility index (Phi) is 7.24. The first-order chi connectivity index (χ1) is 15.1. The third kappa shape index (κ3) is 5.30. The van der Waals surface area contributed by atoms with Crippen LogP contribution in [0.3, 0.4) is 0 Å². The summed E-state index contributed by atoms with van der Waals surface area (Å²) in [5.74, 6) is -0.567. The Hall–Kier alpha value is -2.86. The molecule has 32 heavy (non-hydrogen) atoms. The number of hydrogen-bond donors (Lipinski definition) is 1. The number of likely N-dealkylation sites (N-methyl/N-ethyl adjacent to an activating group) is 1. The minimum Gasteiger partial charge on any atom is -0.358 e. The van der Waals surface area contributed by atoms with Crippen molar-refractivity contribution in [1.29, 1.82) is 0 Å². The summed E-state index contributed by atoms with van der Waals surface area (Å²) < 4.78 is 0. The van der Waals surface area contributed by atoms with Crippen LogP contribution in [0.15, 0.2) is 42.5 Å². The molecule has 6 nitrogen and oxygen atoms in total. The second-order valence-electron chi connectivity index (χ2n) is 8.70. The Morgan fingerprint density at radius 3 is 2.22 bits per heavy atom. The van der Waals surface area contributed by atoms with Gasteiger partial charge in [0.05, 0.1) is 13.0 Å². The van der Waals surface area contributed by atoms with Gasteiger partial charge in [-0.2, -0.15) is 0 Å². The first-order valence-electron chi connectivity index (χ1n) is 10.7. The topological polar surface area (TPSA) is 69.7 Å². The molecule has 1 aliphatic heterocycles. The average molecular weight is 456 g/mol. The van der Waals surface area contributed by atoms with Gasteiger partial charge in [-0.05, 0) is 50.5 Å². The van der Waals surface area contributed by atoms with E-state index in [1.165, 1.54) is 11.9 Å². The largest absolute Gasteiger partial charge is 0.358 e. The average Bonchev–Trinajstić information content (AvgIpc) is 2.71. The summed E-state index contributed by atoms with van der Waals surface area (Å²) in [5, 5.41) is 3.18. The number of amides is 3. The first-order valence-corrected chi connectivity index (χ1v) is 11.1. The van der Waals surface area contributed by atoms with Crippen molar-refractivity contribution in [2.24, 2.45) is 0 Å². The van der Waals surface area contributed by atoms with Gasteiger partial charge >= 0.3 is 0 Å². The number of aryl methyl sites for hydroxylation is 2. The standard InChI is InChI=1S/C25H30ClN3O3/c1-17-11-18(2)13-20(12-17)14-23(31)29-10-9-25(29,3)24(32)28(16-22(30)27-4)15-19-5-7-21(26)8-6-19/h5-8,11-13H,9-10,14-16H2,1-4H3,(H,27,30). The molecule has 1 aliphatic rings. The van der Waals surface area contributed by atoms with E-state index in [1.807, 2.05) is 38.1 Å². The summed E-state index contributed by atoms with van der Waals surface area (Å²) in [7, 11) is 1.54. The number of halogens is 1. The van der Waals surface area contributed by atoms with Crippen LogP contribution in [0.2, 0.25) is 5.02 Å². The zero-order valence-corrected chi connectivity index (χ0v) is 19.8. The molecule has 0 radical (unpaired) electrons. The highest BCUT2D eigenvalue weighted by Gasteiger charge is 2.51. The number of carbonyl (C=O) groups excluding carboxylic acids is 3. The molecule has 0 saturated carbocycles. The molecule has 1 fully saturated rings. The number of benzene rings is 2. The molecule has 3 amide bonds. The van der Waals surface area contributed by atoms with Crippen molar-refractivity contribution in [3.63, 3.8) is 0 Å². The molecule has 170 valence electrons. The molecule has 0 aliphatic carbocycles. The Bertz CT molecular complexity index is 1000. The molecule has 1 N–H and O–H groups in total. The Labute approximate surface area is 194 Å². The van der Waals surface area contributed by atoms with Crippen molar-refractivity contribution in [3.8, 4) is 0 Å². The normalized spacial score (nSPS) is 17.5. The fraction of sp³-hybridized carbons (Fsp3) is 0.400. The summed E-state index contributed by atoms with van der Waals surface area (Å²) in [4.78, 5) is 41.9. The molecular formula is C25H30ClN3O3. The monoisotopic (exact) mass is 455 g/mol. The smallest absolute Gasteiger partial charge is 0.249 e. The van der Waals surface area contributed by atoms with E-state index in [9.17, 15) is 14.4 Å². The van der Waals surface area contributed by atoms with Crippen molar-refractivity contribution in [2.75, 3.05) is 20.1 Å². The molecule has 0 bridgehead atoms. The van der Waals surface area contributed by atoms with Gasteiger partial charge in [-0.1, -0.05) is 53.1 Å². The molecule has 3 rings (SSSR count). The maximum absolute atomic E-state index is 13.6. The van der Waals surface area contributed by atoms with Crippen molar-refractivity contribution in [2.45, 2.75) is 45.7 Å². The summed E-state index contributed by atoms with van der Waals surface area (Å²) in [6, 6.07) is 13.2. The highest BCUT2D eigenvalue weighted by molar-refractivity contribution is 6.30. The molecule has 1 saturated heterocycles. The van der Waals surface area contributed by atoms with Gasteiger partial charge in [-0.3, -0.25) is 14.4 Å². The number of likely N-dealkylation sites (tertiary alicyclic amines) is 1. The van der Waals surface area contributed by atoms with Crippen molar-refractivity contribution in [3.05, 3.63) is 69.7 Å². The molecule has 2 aromatic rings. The minimum atomic E-state index is -0.962. The fourth-order valence-corrected chi connectivity index (χ4v) is 4.35. The van der Waals surface area contributed by atoms with Crippen LogP contribution in [0, 0.1) is 13.8 Å². The molecule has 7 heteroatoms. The summed E-state index contributed by atoms with van der Waals surface area (Å²) >= 11 is 5.97. The van der Waals surface area contributed by atoms with E-state index in [-0.39, 0.29) is 37.2 Å². The third-order valence-electron chi connectivity index (χ3n) is 6.00. The SMILES string of the molecule is CNC(=O)CN(Cc1ccc(Cl)cc1)C(=O)C1(C)CCN1C(=O)Cc1cc(C)cc(C)c1. The van der Waals surface area contributed by atoms with E-state index in [2.05, 4.69) is 11.4 Å². The number of carbonyl (C=O) groups is 3. The second kappa shape index (κ2) is 9.74. The van der Waals surface area contributed by atoms with Gasteiger partial charge in [0.2, 0.25) is 17.7 Å². The predicted octanol–water partition coefficient (Wildman–Crippen LogP) is 3.27. The van der Waals surface area contributed by atoms with Crippen LogP contribution in [0.4, 0.5) is 0 Å². The highest BCUT2D eigenvalue weighted by Crippen LogP contribution is 2.33. The Morgan fingerprint density at radius 2 is 1.69 bits per heavy atom. The van der Waals surface area contributed by atoms with E-state index in [0.717, 1.165) is 22.3 Å². The number of nitrogens with zero attached hydrogens (tertiary/aromatic N) is 2. The summed E-state index contributed by atoms with van der Waals surface area (Å²) in [5.41, 5.74) is 3.06. The van der Waals surface area contributed by atoms with E-state index in [1.54, 1.807) is 24.0 Å². The molecule has 0 aromatic heterocycles. The van der Waals surface area contributed by atoms with Crippen LogP contribution in [0.1, 0.15) is 35.6 Å². The molecule has 1 heterocycles. The molecule has 2 aromatic carbocycles. The van der Waals surface area contributed by atoms with E-state index < -0.39 is 5.54 Å². The van der Waals surface area contributed by atoms with Crippen LogP contribution in [0.25, 0.3) is 0 Å². The molecule has 0 spiro atoms. The second-order valence-corrected chi connectivity index (χ2v) is 9.14. The quantitative estimate of drug-likeness (QED) is 0.696. The van der Waals surface area contributed by atoms with Crippen molar-refractivity contribution in [1.82, 2.24) is 15.1 Å². The number of hydrogen-bond acceptors (Lipinski definition) is 3.